The number of hydrogen-bond donors (Lipinski definition) is 2. The monoisotopic (exact) mass is 357 g/mol. The van der Waals surface area contributed by atoms with Gasteiger partial charge >= 0.3 is 0 Å². The largest absolute Gasteiger partial charge is 0.326 e. The molecule has 0 fully saturated rings. The molecule has 2 N–H and O–H groups in total. The fourth-order valence-corrected chi connectivity index (χ4v) is 3.34. The summed E-state index contributed by atoms with van der Waals surface area (Å²) in [4.78, 5) is 28.9. The van der Waals surface area contributed by atoms with E-state index in [9.17, 15) is 9.59 Å². The second kappa shape index (κ2) is 7.37. The normalized spacial score (nSPS) is 10.4. The first-order valence-electron chi connectivity index (χ1n) is 7.26. The van der Waals surface area contributed by atoms with E-state index in [0.717, 1.165) is 11.3 Å². The van der Waals surface area contributed by atoms with Crippen LogP contribution in [0.2, 0.25) is 0 Å². The maximum atomic E-state index is 12.1. The summed E-state index contributed by atoms with van der Waals surface area (Å²) in [7, 11) is 0. The van der Waals surface area contributed by atoms with Crippen LogP contribution in [0, 0.1) is 6.92 Å². The summed E-state index contributed by atoms with van der Waals surface area (Å²) in [5.74, 6) is -0.324. The van der Waals surface area contributed by atoms with E-state index in [1.807, 2.05) is 42.6 Å². The number of aryl methyl sites for hydroxylation is 1. The highest BCUT2D eigenvalue weighted by molar-refractivity contribution is 7.14. The molecule has 5 nitrogen and oxygen atoms in total. The second-order valence-corrected chi connectivity index (χ2v) is 6.97. The first kappa shape index (κ1) is 16.4. The third-order valence-corrected chi connectivity index (χ3v) is 4.87. The molecule has 1 aromatic carbocycles. The smallest absolute Gasteiger partial charge is 0.267 e. The van der Waals surface area contributed by atoms with Crippen LogP contribution < -0.4 is 10.6 Å². The molecule has 0 saturated carbocycles. The van der Waals surface area contributed by atoms with Gasteiger partial charge in [0.05, 0.1) is 17.0 Å². The number of benzene rings is 1. The van der Waals surface area contributed by atoms with Crippen LogP contribution in [-0.2, 0) is 11.2 Å². The van der Waals surface area contributed by atoms with Gasteiger partial charge in [0, 0.05) is 11.1 Å². The lowest BCUT2D eigenvalue weighted by atomic mass is 10.2. The molecule has 0 saturated heterocycles. The Morgan fingerprint density at radius 1 is 1.08 bits per heavy atom. The predicted octanol–water partition coefficient (Wildman–Crippen LogP) is 3.95. The van der Waals surface area contributed by atoms with Gasteiger partial charge in [0.25, 0.3) is 5.91 Å². The lowest BCUT2D eigenvalue weighted by Crippen LogP contribution is -2.15. The molecular formula is C17H15N3O2S2. The first-order valence-corrected chi connectivity index (χ1v) is 9.02. The zero-order chi connectivity index (χ0) is 16.9. The Morgan fingerprint density at radius 2 is 1.88 bits per heavy atom. The van der Waals surface area contributed by atoms with Crippen molar-refractivity contribution < 1.29 is 9.59 Å². The number of thiazole rings is 1. The van der Waals surface area contributed by atoms with Crippen molar-refractivity contribution in [2.24, 2.45) is 0 Å². The van der Waals surface area contributed by atoms with Gasteiger partial charge in [-0.15, -0.1) is 22.7 Å². The number of rotatable bonds is 5. The Balaban J connectivity index is 1.56. The number of carbonyl (C=O) groups excluding carboxylic acids is 2. The quantitative estimate of drug-likeness (QED) is 0.726. The average Bonchev–Trinajstić information content (AvgIpc) is 3.21. The molecule has 3 rings (SSSR count). The number of hydrogen-bond acceptors (Lipinski definition) is 5. The van der Waals surface area contributed by atoms with Gasteiger partial charge in [0.1, 0.15) is 0 Å². The van der Waals surface area contributed by atoms with Crippen LogP contribution in [-0.4, -0.2) is 16.8 Å². The van der Waals surface area contributed by atoms with Crippen molar-refractivity contribution in [3.63, 3.8) is 0 Å². The summed E-state index contributed by atoms with van der Waals surface area (Å²) in [5, 5.41) is 9.68. The molecule has 0 aliphatic rings. The fraction of sp³-hybridized carbons (Fsp3) is 0.118. The molecule has 0 radical (unpaired) electrons. The molecule has 7 heteroatoms. The number of aromatic nitrogens is 1. The van der Waals surface area contributed by atoms with E-state index in [2.05, 4.69) is 15.6 Å². The van der Waals surface area contributed by atoms with Crippen molar-refractivity contribution in [3.8, 4) is 0 Å². The van der Waals surface area contributed by atoms with Gasteiger partial charge in [-0.05, 0) is 30.5 Å². The highest BCUT2D eigenvalue weighted by Crippen LogP contribution is 2.19. The van der Waals surface area contributed by atoms with Gasteiger partial charge in [-0.1, -0.05) is 23.8 Å². The number of amides is 2. The molecule has 24 heavy (non-hydrogen) atoms. The Kier molecular flexibility index (Phi) is 5.02. The molecule has 2 aromatic heterocycles. The van der Waals surface area contributed by atoms with Crippen molar-refractivity contribution in [1.29, 1.82) is 0 Å². The molecule has 122 valence electrons. The van der Waals surface area contributed by atoms with Crippen LogP contribution in [0.25, 0.3) is 0 Å². The number of thiophene rings is 1. The Bertz CT molecular complexity index is 839. The summed E-state index contributed by atoms with van der Waals surface area (Å²) in [6.07, 6.45) is 0.166. The van der Waals surface area contributed by atoms with E-state index in [4.69, 9.17) is 0 Å². The van der Waals surface area contributed by atoms with E-state index < -0.39 is 0 Å². The fourth-order valence-electron chi connectivity index (χ4n) is 2.02. The summed E-state index contributed by atoms with van der Waals surface area (Å²) in [6, 6.07) is 11.2. The molecule has 0 bridgehead atoms. The summed E-state index contributed by atoms with van der Waals surface area (Å²) < 4.78 is 0. The van der Waals surface area contributed by atoms with Crippen LogP contribution in [0.4, 0.5) is 10.8 Å². The molecule has 2 amide bonds. The van der Waals surface area contributed by atoms with E-state index in [1.165, 1.54) is 22.7 Å². The zero-order valence-corrected chi connectivity index (χ0v) is 14.5. The molecule has 2 heterocycles. The Hall–Kier alpha value is -2.51. The lowest BCUT2D eigenvalue weighted by molar-refractivity contribution is -0.115. The minimum absolute atomic E-state index is 0.139. The van der Waals surface area contributed by atoms with Gasteiger partial charge in [-0.3, -0.25) is 14.9 Å². The molecule has 3 aromatic rings. The van der Waals surface area contributed by atoms with E-state index >= 15 is 0 Å². The van der Waals surface area contributed by atoms with Gasteiger partial charge in [-0.2, -0.15) is 0 Å². The van der Waals surface area contributed by atoms with E-state index in [0.29, 0.717) is 15.7 Å². The van der Waals surface area contributed by atoms with Crippen LogP contribution >= 0.6 is 22.7 Å². The minimum atomic E-state index is -0.185. The predicted molar refractivity (Wildman–Crippen MR) is 97.9 cm³/mol. The van der Waals surface area contributed by atoms with E-state index in [1.54, 1.807) is 11.4 Å². The highest BCUT2D eigenvalue weighted by atomic mass is 32.1. The van der Waals surface area contributed by atoms with Crippen LogP contribution in [0.3, 0.4) is 0 Å². The summed E-state index contributed by atoms with van der Waals surface area (Å²) in [5.41, 5.74) is 2.52. The van der Waals surface area contributed by atoms with Crippen LogP contribution in [0.15, 0.2) is 47.2 Å². The van der Waals surface area contributed by atoms with Crippen molar-refractivity contribution in [2.45, 2.75) is 13.3 Å². The van der Waals surface area contributed by atoms with Gasteiger partial charge < -0.3 is 5.32 Å². The molecule has 0 atom stereocenters. The summed E-state index contributed by atoms with van der Waals surface area (Å²) in [6.45, 7) is 1.99. The van der Waals surface area contributed by atoms with E-state index in [-0.39, 0.29) is 18.2 Å². The number of anilines is 2. The third kappa shape index (κ3) is 4.27. The zero-order valence-electron chi connectivity index (χ0n) is 12.9. The molecule has 0 unspecified atom stereocenters. The Morgan fingerprint density at radius 3 is 2.58 bits per heavy atom. The topological polar surface area (TPSA) is 71.1 Å². The van der Waals surface area contributed by atoms with Crippen molar-refractivity contribution >= 4 is 45.3 Å². The maximum absolute atomic E-state index is 12.1. The average molecular weight is 357 g/mol. The third-order valence-electron chi connectivity index (χ3n) is 3.19. The van der Waals surface area contributed by atoms with Crippen molar-refractivity contribution in [2.75, 3.05) is 10.6 Å². The maximum Gasteiger partial charge on any atom is 0.267 e. The van der Waals surface area contributed by atoms with Gasteiger partial charge in [-0.25, -0.2) is 4.98 Å². The Labute approximate surface area is 147 Å². The highest BCUT2D eigenvalue weighted by Gasteiger charge is 2.12. The standard InChI is InChI=1S/C17H15N3O2S2/c1-11-4-6-12(7-5-11)18-15(21)9-13-10-24-17(19-13)20-16(22)14-3-2-8-23-14/h2-8,10H,9H2,1H3,(H,18,21)(H,19,20,22). The van der Waals surface area contributed by atoms with Gasteiger partial charge in [0.15, 0.2) is 5.13 Å². The SMILES string of the molecule is Cc1ccc(NC(=O)Cc2csc(NC(=O)c3cccs3)n2)cc1. The van der Waals surface area contributed by atoms with Gasteiger partial charge in [0.2, 0.25) is 5.91 Å². The number of nitrogens with one attached hydrogen (secondary N) is 2. The molecule has 0 aliphatic carbocycles. The van der Waals surface area contributed by atoms with Crippen molar-refractivity contribution in [1.82, 2.24) is 4.98 Å². The molecular weight excluding hydrogens is 342 g/mol. The van der Waals surface area contributed by atoms with Crippen molar-refractivity contribution in [3.05, 3.63) is 63.3 Å². The second-order valence-electron chi connectivity index (χ2n) is 5.17. The minimum Gasteiger partial charge on any atom is -0.326 e. The lowest BCUT2D eigenvalue weighted by Gasteiger charge is -2.04. The first-order chi connectivity index (χ1) is 11.6. The molecule has 0 aliphatic heterocycles. The number of nitrogens with zero attached hydrogens (tertiary/aromatic N) is 1. The van der Waals surface area contributed by atoms with Crippen LogP contribution in [0.5, 0.6) is 0 Å². The summed E-state index contributed by atoms with van der Waals surface area (Å²) >= 11 is 2.68. The number of carbonyl (C=O) groups is 2. The van der Waals surface area contributed by atoms with Crippen LogP contribution in [0.1, 0.15) is 20.9 Å². The molecule has 0 spiro atoms.